The van der Waals surface area contributed by atoms with E-state index in [0.717, 1.165) is 44.0 Å². The van der Waals surface area contributed by atoms with E-state index in [2.05, 4.69) is 16.9 Å². The summed E-state index contributed by atoms with van der Waals surface area (Å²) in [4.78, 5) is 38.4. The zero-order chi connectivity index (χ0) is 37.2. The summed E-state index contributed by atoms with van der Waals surface area (Å²) in [5, 5.41) is 9.82. The molecule has 0 bridgehead atoms. The van der Waals surface area contributed by atoms with Gasteiger partial charge in [-0.2, -0.15) is 0 Å². The molecule has 2 aliphatic rings. The van der Waals surface area contributed by atoms with Gasteiger partial charge in [-0.15, -0.1) is 0 Å². The predicted molar refractivity (Wildman–Crippen MR) is 193 cm³/mol. The lowest BCUT2D eigenvalue weighted by atomic mass is 10.1. The highest BCUT2D eigenvalue weighted by Gasteiger charge is 2.31. The molecule has 2 aromatic heterocycles. The van der Waals surface area contributed by atoms with Gasteiger partial charge < -0.3 is 28.5 Å². The summed E-state index contributed by atoms with van der Waals surface area (Å²) >= 11 is 0. The highest BCUT2D eigenvalue weighted by atomic mass is 32.2. The van der Waals surface area contributed by atoms with Crippen LogP contribution in [0.3, 0.4) is 0 Å². The van der Waals surface area contributed by atoms with Crippen LogP contribution in [0.4, 0.5) is 0 Å². The van der Waals surface area contributed by atoms with Crippen LogP contribution < -0.4 is 0 Å². The topological polar surface area (TPSA) is 182 Å². The van der Waals surface area contributed by atoms with Crippen LogP contribution in [0, 0.1) is 0 Å². The average molecular weight is 757 g/mol. The second-order valence-electron chi connectivity index (χ2n) is 11.7. The Morgan fingerprint density at radius 3 is 1.69 bits per heavy atom. The molecule has 2 aliphatic heterocycles. The van der Waals surface area contributed by atoms with Gasteiger partial charge >= 0.3 is 5.97 Å². The third kappa shape index (κ3) is 11.4. The van der Waals surface area contributed by atoms with Gasteiger partial charge in [-0.25, -0.2) is 21.6 Å². The Balaban J connectivity index is 0.000000224. The van der Waals surface area contributed by atoms with E-state index in [1.165, 1.54) is 29.8 Å². The molecule has 4 aromatic rings. The number of benzene rings is 2. The van der Waals surface area contributed by atoms with Gasteiger partial charge in [0.05, 0.1) is 12.2 Å². The van der Waals surface area contributed by atoms with E-state index in [9.17, 15) is 36.3 Å². The summed E-state index contributed by atoms with van der Waals surface area (Å²) in [5.41, 5.74) is 2.46. The minimum absolute atomic E-state index is 0. The third-order valence-corrected chi connectivity index (χ3v) is 9.57. The number of nitrogens with zero attached hydrogens (tertiary/aromatic N) is 2. The van der Waals surface area contributed by atoms with E-state index in [4.69, 9.17) is 8.83 Å². The molecule has 280 valence electrons. The maximum atomic E-state index is 12.5. The number of amides is 2. The van der Waals surface area contributed by atoms with Gasteiger partial charge in [-0.3, -0.25) is 9.59 Å². The van der Waals surface area contributed by atoms with Crippen LogP contribution in [0.2, 0.25) is 0 Å². The van der Waals surface area contributed by atoms with Crippen molar-refractivity contribution in [2.75, 3.05) is 32.2 Å². The van der Waals surface area contributed by atoms with Gasteiger partial charge in [0.15, 0.2) is 11.5 Å². The molecule has 2 saturated heterocycles. The molecule has 2 aromatic carbocycles. The van der Waals surface area contributed by atoms with Crippen LogP contribution in [0.5, 0.6) is 0 Å². The molecule has 0 unspecified atom stereocenters. The maximum absolute atomic E-state index is 12.5. The first-order chi connectivity index (χ1) is 24.2. The molecule has 13 nitrogen and oxygen atoms in total. The number of carbonyl (C=O) groups excluding carboxylic acids is 3. The maximum Gasteiger partial charge on any atom is 0.374 e. The van der Waals surface area contributed by atoms with Crippen molar-refractivity contribution in [3.05, 3.63) is 113 Å². The lowest BCUT2D eigenvalue weighted by molar-refractivity contribution is -0.128. The Bertz CT molecular complexity index is 2070. The minimum Gasteiger partial charge on any atom is -0.504 e. The number of likely N-dealkylation sites (tertiary alicyclic amines) is 2. The molecule has 2 fully saturated rings. The summed E-state index contributed by atoms with van der Waals surface area (Å²) in [6.45, 7) is 4.52. The number of hydrogen-bond donors (Lipinski definition) is 1. The minimum atomic E-state index is -3.50. The molecule has 0 saturated carbocycles. The Morgan fingerprint density at radius 2 is 1.23 bits per heavy atom. The smallest absolute Gasteiger partial charge is 0.374 e. The molecule has 2 amide bonds. The van der Waals surface area contributed by atoms with Crippen molar-refractivity contribution in [1.82, 2.24) is 9.80 Å². The van der Waals surface area contributed by atoms with E-state index >= 15 is 0 Å². The van der Waals surface area contributed by atoms with Crippen molar-refractivity contribution in [3.8, 4) is 0 Å². The fourth-order valence-electron chi connectivity index (χ4n) is 5.12. The first-order valence-electron chi connectivity index (χ1n) is 16.0. The Hall–Kier alpha value is -5.15. The highest BCUT2D eigenvalue weighted by molar-refractivity contribution is 7.90. The number of rotatable bonds is 9. The Kier molecular flexibility index (Phi) is 14.6. The van der Waals surface area contributed by atoms with Crippen molar-refractivity contribution < 1.29 is 49.9 Å². The summed E-state index contributed by atoms with van der Waals surface area (Å²) < 4.78 is 59.4. The SMILES string of the molecule is C.CCOC(=O)c1ccc(S(C)(=O)=O)o1.CS(=O)(=O)c1ccc(/C(O)=C2\CCN(Cc3ccccc3)C2=O)o1.O=C1CCCN1Cc1ccccc1. The number of esters is 1. The molecular formula is C37H44N2O11S2. The zero-order valence-electron chi connectivity index (χ0n) is 28.5. The van der Waals surface area contributed by atoms with E-state index in [-0.39, 0.29) is 53.0 Å². The number of aliphatic hydroxyl groups is 1. The van der Waals surface area contributed by atoms with Gasteiger partial charge in [0.25, 0.3) is 5.91 Å². The van der Waals surface area contributed by atoms with Crippen molar-refractivity contribution in [2.24, 2.45) is 0 Å². The quantitative estimate of drug-likeness (QED) is 0.126. The number of hydrogen-bond acceptors (Lipinski definition) is 11. The third-order valence-electron chi connectivity index (χ3n) is 7.67. The van der Waals surface area contributed by atoms with Crippen molar-refractivity contribution in [3.63, 3.8) is 0 Å². The molecule has 0 atom stereocenters. The summed E-state index contributed by atoms with van der Waals surface area (Å²) in [6.07, 6.45) is 4.15. The summed E-state index contributed by atoms with van der Waals surface area (Å²) in [7, 11) is -6.90. The molecule has 0 radical (unpaired) electrons. The Labute approximate surface area is 304 Å². The fraction of sp³-hybridized carbons (Fsp3) is 0.324. The molecule has 4 heterocycles. The second-order valence-corrected chi connectivity index (χ2v) is 15.6. The molecule has 6 rings (SSSR count). The van der Waals surface area contributed by atoms with E-state index < -0.39 is 25.6 Å². The van der Waals surface area contributed by atoms with Gasteiger partial charge in [0, 0.05) is 45.1 Å². The lowest BCUT2D eigenvalue weighted by Gasteiger charge is -2.15. The number of ether oxygens (including phenoxy) is 1. The first-order valence-corrected chi connectivity index (χ1v) is 19.8. The van der Waals surface area contributed by atoms with Crippen LogP contribution in [0.15, 0.2) is 110 Å². The van der Waals surface area contributed by atoms with Crippen molar-refractivity contribution in [1.29, 1.82) is 0 Å². The van der Waals surface area contributed by atoms with E-state index in [0.29, 0.717) is 25.4 Å². The largest absolute Gasteiger partial charge is 0.504 e. The van der Waals surface area contributed by atoms with E-state index in [1.54, 1.807) is 11.8 Å². The standard InChI is InChI=1S/C17H17NO5S.C11H13NO.C8H10O5S.CH4/c1-24(21,22)15-8-7-14(23-15)16(19)13-9-10-18(17(13)20)11-12-5-3-2-4-6-12;13-11-7-4-8-12(11)9-10-5-2-1-3-6-10;1-3-12-8(9)6-4-5-7(13-6)14(2,10)11;/h2-8,19H,9-11H2,1H3;1-3,5-6H,4,7-9H2;4-5H,3H2,1-2H3;1H4/b16-13-;;;. The number of furan rings is 2. The first kappa shape index (κ1) is 41.3. The summed E-state index contributed by atoms with van der Waals surface area (Å²) in [5.74, 6) is -1.06. The monoisotopic (exact) mass is 756 g/mol. The van der Waals surface area contributed by atoms with Crippen LogP contribution in [0.1, 0.15) is 61.1 Å². The van der Waals surface area contributed by atoms with Crippen LogP contribution in [-0.2, 0) is 47.1 Å². The molecule has 52 heavy (non-hydrogen) atoms. The molecule has 15 heteroatoms. The van der Waals surface area contributed by atoms with Crippen molar-refractivity contribution in [2.45, 2.75) is 56.9 Å². The Morgan fingerprint density at radius 1 is 0.731 bits per heavy atom. The summed E-state index contributed by atoms with van der Waals surface area (Å²) in [6, 6.07) is 24.8. The number of aliphatic hydroxyl groups excluding tert-OH is 1. The van der Waals surface area contributed by atoms with Crippen LogP contribution >= 0.6 is 0 Å². The van der Waals surface area contributed by atoms with E-state index in [1.807, 2.05) is 53.4 Å². The zero-order valence-corrected chi connectivity index (χ0v) is 30.1. The highest BCUT2D eigenvalue weighted by Crippen LogP contribution is 2.28. The molecule has 0 aliphatic carbocycles. The molecular weight excluding hydrogens is 713 g/mol. The lowest BCUT2D eigenvalue weighted by Crippen LogP contribution is -2.24. The van der Waals surface area contributed by atoms with Crippen LogP contribution in [-0.4, -0.2) is 81.7 Å². The van der Waals surface area contributed by atoms with Gasteiger partial charge in [0.1, 0.15) is 0 Å². The molecule has 1 N–H and O–H groups in total. The van der Waals surface area contributed by atoms with Gasteiger partial charge in [0.2, 0.25) is 41.5 Å². The fourth-order valence-corrected chi connectivity index (χ4v) is 6.24. The van der Waals surface area contributed by atoms with Crippen LogP contribution in [0.25, 0.3) is 5.76 Å². The number of sulfone groups is 2. The van der Waals surface area contributed by atoms with Gasteiger partial charge in [-0.1, -0.05) is 68.1 Å². The van der Waals surface area contributed by atoms with Gasteiger partial charge in [-0.05, 0) is 55.2 Å². The molecule has 0 spiro atoms. The number of carbonyl (C=O) groups is 3. The average Bonchev–Trinajstić information content (AvgIpc) is 3.91. The second kappa shape index (κ2) is 18.4. The normalized spacial score (nSPS) is 15.2. The predicted octanol–water partition coefficient (Wildman–Crippen LogP) is 5.69. The van der Waals surface area contributed by atoms with Crippen molar-refractivity contribution >= 4 is 43.2 Å².